The van der Waals surface area contributed by atoms with Crippen molar-refractivity contribution in [1.29, 1.82) is 0 Å². The molecule has 2 amide bonds. The van der Waals surface area contributed by atoms with Gasteiger partial charge in [-0.1, -0.05) is 6.07 Å². The molecule has 1 aromatic carbocycles. The van der Waals surface area contributed by atoms with Gasteiger partial charge in [-0.05, 0) is 64.1 Å². The zero-order valence-electron chi connectivity index (χ0n) is 21.4. The molecule has 3 aromatic rings. The Morgan fingerprint density at radius 2 is 1.92 bits per heavy atom. The smallest absolute Gasteiger partial charge is 0.319 e. The predicted octanol–water partition coefficient (Wildman–Crippen LogP) is 3.61. The second-order valence-electron chi connectivity index (χ2n) is 9.30. The van der Waals surface area contributed by atoms with Crippen molar-refractivity contribution in [3.05, 3.63) is 60.4 Å². The maximum absolute atomic E-state index is 13.7. The summed E-state index contributed by atoms with van der Waals surface area (Å²) in [6, 6.07) is 13.4. The van der Waals surface area contributed by atoms with E-state index in [1.54, 1.807) is 56.3 Å². The van der Waals surface area contributed by atoms with Crippen LogP contribution in [0.2, 0.25) is 0 Å². The Morgan fingerprint density at radius 1 is 1.16 bits per heavy atom. The van der Waals surface area contributed by atoms with E-state index in [0.29, 0.717) is 54.9 Å². The van der Waals surface area contributed by atoms with E-state index in [9.17, 15) is 13.2 Å². The summed E-state index contributed by atoms with van der Waals surface area (Å²) < 4.78 is 31.5. The van der Waals surface area contributed by atoms with Gasteiger partial charge in [-0.3, -0.25) is 0 Å². The first-order chi connectivity index (χ1) is 17.6. The van der Waals surface area contributed by atoms with E-state index in [1.807, 2.05) is 13.8 Å². The summed E-state index contributed by atoms with van der Waals surface area (Å²) in [7, 11) is -3.88. The minimum absolute atomic E-state index is 0.0118. The lowest BCUT2D eigenvalue weighted by Crippen LogP contribution is -2.44. The minimum Gasteiger partial charge on any atom is -0.377 e. The molecule has 1 saturated heterocycles. The van der Waals surface area contributed by atoms with Gasteiger partial charge < -0.3 is 20.3 Å². The highest BCUT2D eigenvalue weighted by Gasteiger charge is 2.41. The number of benzene rings is 1. The molecule has 2 aromatic heterocycles. The van der Waals surface area contributed by atoms with Crippen LogP contribution in [0.3, 0.4) is 0 Å². The third-order valence-corrected chi connectivity index (χ3v) is 8.66. The summed E-state index contributed by atoms with van der Waals surface area (Å²) in [5.74, 6) is 1.02. The lowest BCUT2D eigenvalue weighted by atomic mass is 10.1. The number of hydrogen-bond acceptors (Lipinski definition) is 8. The van der Waals surface area contributed by atoms with Crippen LogP contribution in [0.4, 0.5) is 16.3 Å². The number of carbonyl (C=O) groups is 1. The minimum atomic E-state index is -3.88. The van der Waals surface area contributed by atoms with E-state index in [1.165, 1.54) is 12.3 Å². The fourth-order valence-electron chi connectivity index (χ4n) is 4.03. The van der Waals surface area contributed by atoms with Crippen LogP contribution in [0.15, 0.2) is 59.8 Å². The molecule has 1 aliphatic heterocycles. The predicted molar refractivity (Wildman–Crippen MR) is 142 cm³/mol. The number of sulfone groups is 1. The monoisotopic (exact) mass is 524 g/mol. The van der Waals surface area contributed by atoms with Crippen LogP contribution in [0, 0.1) is 0 Å². The Labute approximate surface area is 217 Å². The molecular formula is C26H32N6O4S. The number of morpholine rings is 1. The second kappa shape index (κ2) is 10.8. The first kappa shape index (κ1) is 26.5. The number of urea groups is 1. The lowest BCUT2D eigenvalue weighted by Gasteiger charge is -2.35. The molecule has 0 bridgehead atoms. The number of ether oxygens (including phenoxy) is 1. The molecule has 2 N–H and O–H groups in total. The standard InChI is InChI=1S/C26H32N6O4S/c1-5-27-25(33)29-20-11-9-19(10-12-20)24-30-21(16-22(31-24)32-14-15-36-17-18(32)2)26(3,4)37(34,35)23-8-6-7-13-28-23/h6-13,16,18H,5,14-15,17H2,1-4H3,(H2,27,29,33)/t18-/m0/s1. The Balaban J connectivity index is 1.78. The van der Waals surface area contributed by atoms with Gasteiger partial charge in [0.15, 0.2) is 10.9 Å². The van der Waals surface area contributed by atoms with Crippen LogP contribution >= 0.6 is 0 Å². The molecule has 37 heavy (non-hydrogen) atoms. The number of nitrogens with one attached hydrogen (secondary N) is 2. The average Bonchev–Trinajstić information content (AvgIpc) is 2.89. The lowest BCUT2D eigenvalue weighted by molar-refractivity contribution is 0.0985. The fourth-order valence-corrected chi connectivity index (χ4v) is 5.39. The van der Waals surface area contributed by atoms with Crippen LogP contribution in [0.5, 0.6) is 0 Å². The second-order valence-corrected chi connectivity index (χ2v) is 11.7. The van der Waals surface area contributed by atoms with Crippen molar-refractivity contribution in [1.82, 2.24) is 20.3 Å². The van der Waals surface area contributed by atoms with Crippen LogP contribution in [-0.2, 0) is 19.3 Å². The number of rotatable bonds is 7. The summed E-state index contributed by atoms with van der Waals surface area (Å²) in [5.41, 5.74) is 1.67. The van der Waals surface area contributed by atoms with Gasteiger partial charge in [-0.25, -0.2) is 28.2 Å². The van der Waals surface area contributed by atoms with Crippen molar-refractivity contribution in [3.8, 4) is 11.4 Å². The Hall–Kier alpha value is -3.57. The highest BCUT2D eigenvalue weighted by molar-refractivity contribution is 7.92. The molecule has 4 rings (SSSR count). The van der Waals surface area contributed by atoms with E-state index in [2.05, 4.69) is 20.5 Å². The van der Waals surface area contributed by atoms with Crippen molar-refractivity contribution in [2.45, 2.75) is 43.5 Å². The first-order valence-electron chi connectivity index (χ1n) is 12.2. The van der Waals surface area contributed by atoms with E-state index < -0.39 is 14.6 Å². The normalized spacial score (nSPS) is 16.3. The molecule has 0 radical (unpaired) electrons. The SMILES string of the molecule is CCNC(=O)Nc1ccc(-c2nc(N3CCOC[C@@H]3C)cc(C(C)(C)S(=O)(=O)c3ccccn3)n2)cc1. The van der Waals surface area contributed by atoms with E-state index >= 15 is 0 Å². The van der Waals surface area contributed by atoms with Crippen LogP contribution in [0.1, 0.15) is 33.4 Å². The first-order valence-corrected chi connectivity index (χ1v) is 13.7. The molecule has 0 spiro atoms. The summed E-state index contributed by atoms with van der Waals surface area (Å²) in [5, 5.41) is 5.44. The molecule has 196 valence electrons. The zero-order chi connectivity index (χ0) is 26.6. The number of carbonyl (C=O) groups excluding carboxylic acids is 1. The average molecular weight is 525 g/mol. The summed E-state index contributed by atoms with van der Waals surface area (Å²) in [6.45, 7) is 9.39. The zero-order valence-corrected chi connectivity index (χ0v) is 22.2. The van der Waals surface area contributed by atoms with E-state index in [-0.39, 0.29) is 17.1 Å². The maximum Gasteiger partial charge on any atom is 0.319 e. The van der Waals surface area contributed by atoms with Gasteiger partial charge in [0.25, 0.3) is 0 Å². The topological polar surface area (TPSA) is 126 Å². The summed E-state index contributed by atoms with van der Waals surface area (Å²) in [6.07, 6.45) is 1.46. The maximum atomic E-state index is 13.7. The van der Waals surface area contributed by atoms with Gasteiger partial charge in [0.05, 0.1) is 24.9 Å². The number of nitrogens with zero attached hydrogens (tertiary/aromatic N) is 4. The molecule has 0 aliphatic carbocycles. The Bertz CT molecular complexity index is 1350. The van der Waals surface area contributed by atoms with Crippen molar-refractivity contribution >= 4 is 27.4 Å². The number of aromatic nitrogens is 3. The van der Waals surface area contributed by atoms with Gasteiger partial charge >= 0.3 is 6.03 Å². The molecule has 1 aliphatic rings. The van der Waals surface area contributed by atoms with Gasteiger partial charge in [-0.15, -0.1) is 0 Å². The molecule has 0 saturated carbocycles. The molecular weight excluding hydrogens is 492 g/mol. The summed E-state index contributed by atoms with van der Waals surface area (Å²) in [4.78, 5) is 27.6. The quantitative estimate of drug-likeness (QED) is 0.480. The molecule has 10 nitrogen and oxygen atoms in total. The third-order valence-electron chi connectivity index (χ3n) is 6.31. The van der Waals surface area contributed by atoms with Gasteiger partial charge in [0.2, 0.25) is 9.84 Å². The van der Waals surface area contributed by atoms with Crippen molar-refractivity contribution in [3.63, 3.8) is 0 Å². The number of pyridine rings is 1. The van der Waals surface area contributed by atoms with Crippen LogP contribution < -0.4 is 15.5 Å². The third kappa shape index (κ3) is 5.57. The highest BCUT2D eigenvalue weighted by atomic mass is 32.2. The van der Waals surface area contributed by atoms with E-state index in [0.717, 1.165) is 0 Å². The molecule has 11 heteroatoms. The highest BCUT2D eigenvalue weighted by Crippen LogP contribution is 2.36. The largest absolute Gasteiger partial charge is 0.377 e. The molecule has 0 unspecified atom stereocenters. The van der Waals surface area contributed by atoms with Gasteiger partial charge in [0.1, 0.15) is 10.6 Å². The van der Waals surface area contributed by atoms with Crippen LogP contribution in [-0.4, -0.2) is 61.7 Å². The Morgan fingerprint density at radius 3 is 2.57 bits per heavy atom. The van der Waals surface area contributed by atoms with Crippen molar-refractivity contribution in [2.75, 3.05) is 36.5 Å². The molecule has 1 fully saturated rings. The number of hydrogen-bond donors (Lipinski definition) is 2. The van der Waals surface area contributed by atoms with Crippen LogP contribution in [0.25, 0.3) is 11.4 Å². The van der Waals surface area contributed by atoms with Gasteiger partial charge in [0, 0.05) is 36.6 Å². The van der Waals surface area contributed by atoms with Crippen molar-refractivity contribution in [2.24, 2.45) is 0 Å². The van der Waals surface area contributed by atoms with Gasteiger partial charge in [-0.2, -0.15) is 0 Å². The number of anilines is 2. The Kier molecular flexibility index (Phi) is 7.74. The molecule has 1 atom stereocenters. The summed E-state index contributed by atoms with van der Waals surface area (Å²) >= 11 is 0. The van der Waals surface area contributed by atoms with E-state index in [4.69, 9.17) is 14.7 Å². The number of amides is 2. The molecule has 3 heterocycles. The fraction of sp³-hybridized carbons (Fsp3) is 0.385. The van der Waals surface area contributed by atoms with Crippen molar-refractivity contribution < 1.29 is 17.9 Å².